The van der Waals surface area contributed by atoms with Crippen LogP contribution in [0.15, 0.2) is 0 Å². The topological polar surface area (TPSA) is 75.6 Å². The monoisotopic (exact) mass is 257 g/mol. The number of ether oxygens (including phenoxy) is 1. The first-order chi connectivity index (χ1) is 8.55. The first-order valence-electron chi connectivity index (χ1n) is 6.58. The van der Waals surface area contributed by atoms with E-state index in [4.69, 9.17) is 9.84 Å². The number of methoxy groups -OCH3 is 1. The van der Waals surface area contributed by atoms with Crippen molar-refractivity contribution in [2.75, 3.05) is 13.7 Å². The Morgan fingerprint density at radius 3 is 2.50 bits per heavy atom. The quantitative estimate of drug-likeness (QED) is 0.692. The van der Waals surface area contributed by atoms with Gasteiger partial charge in [0.2, 0.25) is 5.91 Å². The second-order valence-corrected chi connectivity index (χ2v) is 5.07. The van der Waals surface area contributed by atoms with Crippen LogP contribution < -0.4 is 5.32 Å². The molecule has 2 N–H and O–H groups in total. The lowest BCUT2D eigenvalue weighted by atomic mass is 9.68. The lowest BCUT2D eigenvalue weighted by Gasteiger charge is -2.40. The van der Waals surface area contributed by atoms with Crippen molar-refractivity contribution in [3.63, 3.8) is 0 Å². The summed E-state index contributed by atoms with van der Waals surface area (Å²) in [5.41, 5.74) is -0.491. The van der Waals surface area contributed by atoms with E-state index in [0.29, 0.717) is 13.0 Å². The molecule has 1 rings (SSSR count). The Morgan fingerprint density at radius 1 is 1.44 bits per heavy atom. The van der Waals surface area contributed by atoms with Crippen molar-refractivity contribution in [3.05, 3.63) is 0 Å². The van der Waals surface area contributed by atoms with E-state index in [1.807, 2.05) is 6.92 Å². The van der Waals surface area contributed by atoms with Crippen LogP contribution >= 0.6 is 0 Å². The Bertz CT molecular complexity index is 299. The minimum Gasteiger partial charge on any atom is -0.480 e. The molecule has 5 heteroatoms. The number of nitrogens with one attached hydrogen (secondary N) is 1. The molecule has 0 aromatic rings. The molecule has 0 aromatic heterocycles. The van der Waals surface area contributed by atoms with Crippen molar-refractivity contribution in [1.29, 1.82) is 0 Å². The third-order valence-electron chi connectivity index (χ3n) is 3.66. The predicted octanol–water partition coefficient (Wildman–Crippen LogP) is 1.56. The zero-order chi connectivity index (χ0) is 13.6. The number of unbranched alkanes of at least 4 members (excludes halogenated alkanes) is 1. The number of carbonyl (C=O) groups excluding carboxylic acids is 1. The first-order valence-corrected chi connectivity index (χ1v) is 6.58. The highest BCUT2D eigenvalue weighted by molar-refractivity contribution is 5.88. The lowest BCUT2D eigenvalue weighted by molar-refractivity contribution is -0.148. The predicted molar refractivity (Wildman–Crippen MR) is 67.3 cm³/mol. The van der Waals surface area contributed by atoms with Crippen LogP contribution in [0.2, 0.25) is 0 Å². The van der Waals surface area contributed by atoms with Crippen LogP contribution in [0.3, 0.4) is 0 Å². The van der Waals surface area contributed by atoms with Crippen LogP contribution in [0.25, 0.3) is 0 Å². The van der Waals surface area contributed by atoms with Gasteiger partial charge in [-0.05, 0) is 19.3 Å². The minimum absolute atomic E-state index is 0.167. The smallest absolute Gasteiger partial charge is 0.326 e. The van der Waals surface area contributed by atoms with E-state index < -0.39 is 17.4 Å². The Balaban J connectivity index is 2.56. The van der Waals surface area contributed by atoms with Crippen LogP contribution in [0, 0.1) is 5.41 Å². The second-order valence-electron chi connectivity index (χ2n) is 5.07. The third kappa shape index (κ3) is 3.45. The van der Waals surface area contributed by atoms with Crippen molar-refractivity contribution in [2.24, 2.45) is 5.41 Å². The summed E-state index contributed by atoms with van der Waals surface area (Å²) in [5, 5.41) is 11.7. The fraction of sp³-hybridized carbons (Fsp3) is 0.846. The van der Waals surface area contributed by atoms with E-state index in [2.05, 4.69) is 5.32 Å². The number of amides is 1. The summed E-state index contributed by atoms with van der Waals surface area (Å²) < 4.78 is 5.09. The summed E-state index contributed by atoms with van der Waals surface area (Å²) in [6.07, 6.45) is 4.78. The summed E-state index contributed by atoms with van der Waals surface area (Å²) in [6, 6.07) is -0.771. The summed E-state index contributed by atoms with van der Waals surface area (Å²) in [6.45, 7) is 2.37. The van der Waals surface area contributed by atoms with Gasteiger partial charge in [0.25, 0.3) is 0 Å². The molecule has 1 fully saturated rings. The molecular weight excluding hydrogens is 234 g/mol. The van der Waals surface area contributed by atoms with E-state index in [9.17, 15) is 9.59 Å². The molecule has 104 valence electrons. The zero-order valence-electron chi connectivity index (χ0n) is 11.2. The molecule has 1 saturated carbocycles. The number of aliphatic carboxylic acids is 1. The van der Waals surface area contributed by atoms with Crippen molar-refractivity contribution in [2.45, 2.75) is 51.5 Å². The van der Waals surface area contributed by atoms with Crippen LogP contribution in [-0.4, -0.2) is 36.7 Å². The number of rotatable bonds is 8. The SMILES string of the molecule is CCCCC(NC(=O)C1(COC)CCC1)C(=O)O. The summed E-state index contributed by atoms with van der Waals surface area (Å²) in [5.74, 6) is -1.12. The number of carboxylic acid groups (broad SMARTS) is 1. The highest BCUT2D eigenvalue weighted by Gasteiger charge is 2.45. The standard InChI is InChI=1S/C13H23NO4/c1-3-4-6-10(11(15)16)14-12(17)13(9-18-2)7-5-8-13/h10H,3-9H2,1-2H3,(H,14,17)(H,15,16). The van der Waals surface area contributed by atoms with Gasteiger partial charge in [-0.15, -0.1) is 0 Å². The molecule has 1 aliphatic carbocycles. The van der Waals surface area contributed by atoms with Gasteiger partial charge in [-0.1, -0.05) is 26.2 Å². The molecule has 0 saturated heterocycles. The normalized spacial score (nSPS) is 18.8. The largest absolute Gasteiger partial charge is 0.480 e. The lowest BCUT2D eigenvalue weighted by Crippen LogP contribution is -2.53. The molecule has 5 nitrogen and oxygen atoms in total. The van der Waals surface area contributed by atoms with Crippen molar-refractivity contribution in [1.82, 2.24) is 5.32 Å². The summed E-state index contributed by atoms with van der Waals surface area (Å²) in [7, 11) is 1.57. The van der Waals surface area contributed by atoms with Gasteiger partial charge in [-0.25, -0.2) is 4.79 Å². The molecule has 0 spiro atoms. The maximum Gasteiger partial charge on any atom is 0.326 e. The van der Waals surface area contributed by atoms with Gasteiger partial charge in [-0.2, -0.15) is 0 Å². The maximum atomic E-state index is 12.2. The molecular formula is C13H23NO4. The molecule has 0 aromatic carbocycles. The summed E-state index contributed by atoms with van der Waals surface area (Å²) >= 11 is 0. The van der Waals surface area contributed by atoms with Crippen LogP contribution in [0.5, 0.6) is 0 Å². The van der Waals surface area contributed by atoms with Crippen molar-refractivity contribution < 1.29 is 19.4 Å². The fourth-order valence-electron chi connectivity index (χ4n) is 2.29. The number of carboxylic acids is 1. The van der Waals surface area contributed by atoms with Gasteiger partial charge in [0, 0.05) is 7.11 Å². The molecule has 0 heterocycles. The molecule has 0 radical (unpaired) electrons. The molecule has 0 aliphatic heterocycles. The molecule has 1 aliphatic rings. The Hall–Kier alpha value is -1.10. The number of carbonyl (C=O) groups is 2. The highest BCUT2D eigenvalue weighted by atomic mass is 16.5. The van der Waals surface area contributed by atoms with E-state index in [0.717, 1.165) is 32.1 Å². The molecule has 18 heavy (non-hydrogen) atoms. The Morgan fingerprint density at radius 2 is 2.11 bits per heavy atom. The fourth-order valence-corrected chi connectivity index (χ4v) is 2.29. The molecule has 0 bridgehead atoms. The van der Waals surface area contributed by atoms with E-state index in [-0.39, 0.29) is 5.91 Å². The average molecular weight is 257 g/mol. The Labute approximate surface area is 108 Å². The van der Waals surface area contributed by atoms with Gasteiger partial charge in [0.15, 0.2) is 0 Å². The van der Waals surface area contributed by atoms with Gasteiger partial charge < -0.3 is 15.2 Å². The van der Waals surface area contributed by atoms with E-state index >= 15 is 0 Å². The van der Waals surface area contributed by atoms with Gasteiger partial charge >= 0.3 is 5.97 Å². The van der Waals surface area contributed by atoms with E-state index in [1.165, 1.54) is 0 Å². The van der Waals surface area contributed by atoms with Gasteiger partial charge in [-0.3, -0.25) is 4.79 Å². The number of hydrogen-bond donors (Lipinski definition) is 2. The van der Waals surface area contributed by atoms with Gasteiger partial charge in [0.1, 0.15) is 6.04 Å². The highest BCUT2D eigenvalue weighted by Crippen LogP contribution is 2.41. The van der Waals surface area contributed by atoms with Crippen LogP contribution in [0.4, 0.5) is 0 Å². The third-order valence-corrected chi connectivity index (χ3v) is 3.66. The van der Waals surface area contributed by atoms with E-state index in [1.54, 1.807) is 7.11 Å². The average Bonchev–Trinajstić information content (AvgIpc) is 2.28. The van der Waals surface area contributed by atoms with Crippen LogP contribution in [-0.2, 0) is 14.3 Å². The zero-order valence-corrected chi connectivity index (χ0v) is 11.2. The van der Waals surface area contributed by atoms with Crippen molar-refractivity contribution >= 4 is 11.9 Å². The molecule has 1 unspecified atom stereocenters. The second kappa shape index (κ2) is 6.73. The summed E-state index contributed by atoms with van der Waals surface area (Å²) in [4.78, 5) is 23.2. The minimum atomic E-state index is -0.955. The van der Waals surface area contributed by atoms with Gasteiger partial charge in [0.05, 0.1) is 12.0 Å². The molecule has 1 atom stereocenters. The number of hydrogen-bond acceptors (Lipinski definition) is 3. The van der Waals surface area contributed by atoms with Crippen LogP contribution in [0.1, 0.15) is 45.4 Å². The molecule has 1 amide bonds. The Kier molecular flexibility index (Phi) is 5.59. The van der Waals surface area contributed by atoms with Crippen molar-refractivity contribution in [3.8, 4) is 0 Å². The maximum absolute atomic E-state index is 12.2. The first kappa shape index (κ1) is 15.0.